The van der Waals surface area contributed by atoms with Gasteiger partial charge in [-0.25, -0.2) is 4.90 Å². The summed E-state index contributed by atoms with van der Waals surface area (Å²) < 4.78 is 0. The zero-order valence-electron chi connectivity index (χ0n) is 15.8. The molecule has 148 valence electrons. The van der Waals surface area contributed by atoms with Crippen molar-refractivity contribution >= 4 is 34.8 Å². The molecule has 0 spiro atoms. The Bertz CT molecular complexity index is 1200. The van der Waals surface area contributed by atoms with Gasteiger partial charge >= 0.3 is 0 Å². The predicted octanol–water partition coefficient (Wildman–Crippen LogP) is 3.96. The van der Waals surface area contributed by atoms with Crippen molar-refractivity contribution in [1.29, 1.82) is 0 Å². The number of imide groups is 1. The molecule has 0 aromatic heterocycles. The highest BCUT2D eigenvalue weighted by Gasteiger charge is 2.37. The minimum atomic E-state index is -0.589. The van der Waals surface area contributed by atoms with E-state index in [9.17, 15) is 24.5 Å². The van der Waals surface area contributed by atoms with Gasteiger partial charge < -0.3 is 5.32 Å². The van der Waals surface area contributed by atoms with Crippen LogP contribution >= 0.6 is 0 Å². The van der Waals surface area contributed by atoms with Gasteiger partial charge in [0.2, 0.25) is 0 Å². The van der Waals surface area contributed by atoms with Gasteiger partial charge in [0.05, 0.1) is 21.7 Å². The summed E-state index contributed by atoms with van der Waals surface area (Å²) in [6.45, 7) is 1.94. The Morgan fingerprint density at radius 1 is 0.900 bits per heavy atom. The molecule has 1 N–H and O–H groups in total. The second-order valence-electron chi connectivity index (χ2n) is 6.80. The quantitative estimate of drug-likeness (QED) is 0.404. The van der Waals surface area contributed by atoms with Gasteiger partial charge in [0, 0.05) is 23.4 Å². The van der Waals surface area contributed by atoms with Gasteiger partial charge in [-0.15, -0.1) is 0 Å². The maximum atomic E-state index is 12.8. The third-order valence-corrected chi connectivity index (χ3v) is 4.78. The van der Waals surface area contributed by atoms with Crippen LogP contribution in [0.3, 0.4) is 0 Å². The van der Waals surface area contributed by atoms with E-state index in [2.05, 4.69) is 5.32 Å². The van der Waals surface area contributed by atoms with Crippen LogP contribution < -0.4 is 10.2 Å². The van der Waals surface area contributed by atoms with Gasteiger partial charge in [0.25, 0.3) is 23.4 Å². The molecule has 0 unspecified atom stereocenters. The van der Waals surface area contributed by atoms with E-state index in [1.807, 2.05) is 19.1 Å². The Morgan fingerprint density at radius 3 is 2.17 bits per heavy atom. The number of nitro groups is 1. The largest absolute Gasteiger partial charge is 0.322 e. The number of carbonyl (C=O) groups excluding carboxylic acids is 3. The summed E-state index contributed by atoms with van der Waals surface area (Å²) >= 11 is 0. The maximum Gasteiger partial charge on any atom is 0.269 e. The van der Waals surface area contributed by atoms with Crippen LogP contribution in [0.5, 0.6) is 0 Å². The highest BCUT2D eigenvalue weighted by Crippen LogP contribution is 2.30. The summed E-state index contributed by atoms with van der Waals surface area (Å²) in [4.78, 5) is 49.3. The lowest BCUT2D eigenvalue weighted by molar-refractivity contribution is -0.384. The van der Waals surface area contributed by atoms with Gasteiger partial charge in [-0.2, -0.15) is 0 Å². The number of rotatable bonds is 4. The second kappa shape index (κ2) is 7.25. The third kappa shape index (κ3) is 3.30. The first-order valence-corrected chi connectivity index (χ1v) is 9.00. The summed E-state index contributed by atoms with van der Waals surface area (Å²) in [5, 5.41) is 13.6. The number of benzene rings is 3. The molecule has 8 heteroatoms. The van der Waals surface area contributed by atoms with E-state index >= 15 is 0 Å². The number of non-ortho nitro benzene ring substituents is 1. The zero-order chi connectivity index (χ0) is 21.4. The van der Waals surface area contributed by atoms with Crippen LogP contribution in [0.2, 0.25) is 0 Å². The van der Waals surface area contributed by atoms with Crippen LogP contribution in [-0.2, 0) is 0 Å². The fourth-order valence-electron chi connectivity index (χ4n) is 3.18. The highest BCUT2D eigenvalue weighted by atomic mass is 16.6. The number of fused-ring (bicyclic) bond motifs is 1. The SMILES string of the molecule is Cc1ccc(NC(=O)c2ccc3c(c2)C(=O)N(c2ccc([N+](=O)[O-])cc2)C3=O)cc1. The van der Waals surface area contributed by atoms with Crippen LogP contribution in [0.4, 0.5) is 17.1 Å². The minimum absolute atomic E-state index is 0.106. The normalized spacial score (nSPS) is 12.6. The van der Waals surface area contributed by atoms with Gasteiger partial charge in [0.1, 0.15) is 0 Å². The number of amides is 3. The molecule has 0 saturated carbocycles. The Balaban J connectivity index is 1.60. The average Bonchev–Trinajstić information content (AvgIpc) is 2.99. The fraction of sp³-hybridized carbons (Fsp3) is 0.0455. The summed E-state index contributed by atoms with van der Waals surface area (Å²) in [6, 6.07) is 16.7. The summed E-state index contributed by atoms with van der Waals surface area (Å²) in [6.07, 6.45) is 0. The van der Waals surface area contributed by atoms with Gasteiger partial charge in [-0.3, -0.25) is 24.5 Å². The average molecular weight is 401 g/mol. The molecule has 1 aliphatic heterocycles. The standard InChI is InChI=1S/C22H15N3O5/c1-13-2-5-15(6-3-13)23-20(26)14-4-11-18-19(12-14)22(28)24(21(18)27)16-7-9-17(10-8-16)25(29)30/h2-12H,1H3,(H,23,26). The molecular weight excluding hydrogens is 386 g/mol. The summed E-state index contributed by atoms with van der Waals surface area (Å²) in [5.41, 5.74) is 2.26. The highest BCUT2D eigenvalue weighted by molar-refractivity contribution is 6.34. The molecule has 8 nitrogen and oxygen atoms in total. The minimum Gasteiger partial charge on any atom is -0.322 e. The molecule has 3 amide bonds. The van der Waals surface area contributed by atoms with Crippen molar-refractivity contribution in [2.24, 2.45) is 0 Å². The molecule has 4 rings (SSSR count). The van der Waals surface area contributed by atoms with Crippen LogP contribution in [0.1, 0.15) is 36.6 Å². The van der Waals surface area contributed by atoms with E-state index in [1.54, 1.807) is 12.1 Å². The van der Waals surface area contributed by atoms with Crippen LogP contribution in [-0.4, -0.2) is 22.6 Å². The number of nitro benzene ring substituents is 1. The van der Waals surface area contributed by atoms with Crippen LogP contribution in [0, 0.1) is 17.0 Å². The van der Waals surface area contributed by atoms with E-state index in [4.69, 9.17) is 0 Å². The lowest BCUT2D eigenvalue weighted by Crippen LogP contribution is -2.29. The van der Waals surface area contributed by atoms with E-state index < -0.39 is 22.6 Å². The number of nitrogens with zero attached hydrogens (tertiary/aromatic N) is 2. The summed E-state index contributed by atoms with van der Waals surface area (Å²) in [5.74, 6) is -1.54. The molecule has 0 aliphatic carbocycles. The van der Waals surface area contributed by atoms with E-state index in [0.717, 1.165) is 10.5 Å². The molecule has 3 aromatic carbocycles. The van der Waals surface area contributed by atoms with Gasteiger partial charge in [-0.05, 0) is 49.4 Å². The monoisotopic (exact) mass is 401 g/mol. The Morgan fingerprint density at radius 2 is 1.53 bits per heavy atom. The summed E-state index contributed by atoms with van der Waals surface area (Å²) in [7, 11) is 0. The van der Waals surface area contributed by atoms with E-state index in [0.29, 0.717) is 5.69 Å². The first-order chi connectivity index (χ1) is 14.3. The number of anilines is 2. The first kappa shape index (κ1) is 19.0. The molecule has 0 fully saturated rings. The smallest absolute Gasteiger partial charge is 0.269 e. The number of carbonyl (C=O) groups is 3. The second-order valence-corrected chi connectivity index (χ2v) is 6.80. The van der Waals surface area contributed by atoms with E-state index in [1.165, 1.54) is 42.5 Å². The lowest BCUT2D eigenvalue weighted by atomic mass is 10.1. The number of hydrogen-bond donors (Lipinski definition) is 1. The molecule has 1 aliphatic rings. The number of nitrogens with one attached hydrogen (secondary N) is 1. The Kier molecular flexibility index (Phi) is 4.59. The molecule has 30 heavy (non-hydrogen) atoms. The third-order valence-electron chi connectivity index (χ3n) is 4.78. The van der Waals surface area contributed by atoms with Crippen LogP contribution in [0.25, 0.3) is 0 Å². The first-order valence-electron chi connectivity index (χ1n) is 9.00. The topological polar surface area (TPSA) is 110 Å². The zero-order valence-corrected chi connectivity index (χ0v) is 15.8. The molecule has 1 heterocycles. The molecule has 0 radical (unpaired) electrons. The van der Waals surface area contributed by atoms with Crippen LogP contribution in [0.15, 0.2) is 66.7 Å². The van der Waals surface area contributed by atoms with Crippen molar-refractivity contribution in [1.82, 2.24) is 0 Å². The number of aryl methyl sites for hydroxylation is 1. The van der Waals surface area contributed by atoms with Crippen molar-refractivity contribution < 1.29 is 19.3 Å². The lowest BCUT2D eigenvalue weighted by Gasteiger charge is -2.13. The van der Waals surface area contributed by atoms with Gasteiger partial charge in [-0.1, -0.05) is 17.7 Å². The van der Waals surface area contributed by atoms with Crippen molar-refractivity contribution in [3.8, 4) is 0 Å². The molecular formula is C22H15N3O5. The van der Waals surface area contributed by atoms with Crippen molar-refractivity contribution in [3.63, 3.8) is 0 Å². The molecule has 0 bridgehead atoms. The van der Waals surface area contributed by atoms with Crippen molar-refractivity contribution in [3.05, 3.63) is 99.1 Å². The fourth-order valence-corrected chi connectivity index (χ4v) is 3.18. The molecule has 0 saturated heterocycles. The predicted molar refractivity (Wildman–Crippen MR) is 110 cm³/mol. The van der Waals surface area contributed by atoms with Gasteiger partial charge in [0.15, 0.2) is 0 Å². The molecule has 0 atom stereocenters. The molecule has 3 aromatic rings. The Labute approximate surface area is 170 Å². The maximum absolute atomic E-state index is 12.8. The van der Waals surface area contributed by atoms with Crippen molar-refractivity contribution in [2.75, 3.05) is 10.2 Å². The number of hydrogen-bond acceptors (Lipinski definition) is 5. The van der Waals surface area contributed by atoms with Crippen molar-refractivity contribution in [2.45, 2.75) is 6.92 Å². The van der Waals surface area contributed by atoms with E-state index in [-0.39, 0.29) is 28.1 Å². The Hall–Kier alpha value is -4.33.